The summed E-state index contributed by atoms with van der Waals surface area (Å²) in [6.07, 6.45) is 0. The first kappa shape index (κ1) is 14.0. The number of nitrogens with one attached hydrogen (secondary N) is 2. The number of hydrogen-bond donors (Lipinski definition) is 2. The van der Waals surface area contributed by atoms with Gasteiger partial charge in [-0.25, -0.2) is 8.78 Å². The maximum absolute atomic E-state index is 13.1. The highest BCUT2D eigenvalue weighted by Crippen LogP contribution is 2.16. The van der Waals surface area contributed by atoms with E-state index < -0.39 is 11.6 Å². The first-order valence-electron chi connectivity index (χ1n) is 6.10. The molecule has 0 heterocycles. The van der Waals surface area contributed by atoms with Crippen molar-refractivity contribution in [2.45, 2.75) is 13.5 Å². The van der Waals surface area contributed by atoms with Gasteiger partial charge >= 0.3 is 0 Å². The molecule has 20 heavy (non-hydrogen) atoms. The molecule has 0 bridgehead atoms. The third-order valence-electron chi connectivity index (χ3n) is 2.66. The molecule has 0 aliphatic carbocycles. The Labute approximate surface area is 115 Å². The second-order valence-corrected chi connectivity index (χ2v) is 4.36. The minimum absolute atomic E-state index is 0.150. The van der Waals surface area contributed by atoms with E-state index in [2.05, 4.69) is 10.6 Å². The number of carbonyl (C=O) groups is 1. The Balaban J connectivity index is 2.03. The largest absolute Gasteiger partial charge is 0.381 e. The quantitative estimate of drug-likeness (QED) is 0.896. The van der Waals surface area contributed by atoms with Crippen LogP contribution in [0.5, 0.6) is 0 Å². The van der Waals surface area contributed by atoms with Crippen molar-refractivity contribution in [3.63, 3.8) is 0 Å². The zero-order valence-corrected chi connectivity index (χ0v) is 10.9. The molecule has 2 aromatic rings. The van der Waals surface area contributed by atoms with Gasteiger partial charge in [0.15, 0.2) is 11.6 Å². The van der Waals surface area contributed by atoms with Gasteiger partial charge in [-0.1, -0.05) is 12.1 Å². The van der Waals surface area contributed by atoms with Crippen LogP contribution in [0, 0.1) is 11.6 Å². The van der Waals surface area contributed by atoms with E-state index in [1.54, 1.807) is 18.2 Å². The molecule has 0 saturated carbocycles. The summed E-state index contributed by atoms with van der Waals surface area (Å²) in [4.78, 5) is 11.0. The van der Waals surface area contributed by atoms with Crippen LogP contribution in [0.25, 0.3) is 0 Å². The van der Waals surface area contributed by atoms with E-state index in [1.807, 2.05) is 6.07 Å². The Hall–Kier alpha value is -2.43. The van der Waals surface area contributed by atoms with Gasteiger partial charge in [-0.05, 0) is 35.9 Å². The van der Waals surface area contributed by atoms with Gasteiger partial charge in [-0.15, -0.1) is 0 Å². The third kappa shape index (κ3) is 3.78. The molecule has 3 nitrogen and oxygen atoms in total. The van der Waals surface area contributed by atoms with Gasteiger partial charge < -0.3 is 10.6 Å². The number of anilines is 2. The molecular weight excluding hydrogens is 262 g/mol. The molecule has 0 unspecified atom stereocenters. The standard InChI is InChI=1S/C15H14F2N2O/c1-10(20)19-13-4-2-3-12(8-13)18-9-11-5-6-14(16)15(17)7-11/h2-8,18H,9H2,1H3,(H,19,20). The Bertz CT molecular complexity index is 629. The average molecular weight is 276 g/mol. The predicted octanol–water partition coefficient (Wildman–Crippen LogP) is 3.54. The van der Waals surface area contributed by atoms with Gasteiger partial charge in [-0.3, -0.25) is 4.79 Å². The highest BCUT2D eigenvalue weighted by Gasteiger charge is 2.03. The summed E-state index contributed by atoms with van der Waals surface area (Å²) in [5.74, 6) is -1.87. The van der Waals surface area contributed by atoms with Crippen molar-refractivity contribution in [3.8, 4) is 0 Å². The monoisotopic (exact) mass is 276 g/mol. The van der Waals surface area contributed by atoms with Crippen LogP contribution >= 0.6 is 0 Å². The molecule has 2 aromatic carbocycles. The van der Waals surface area contributed by atoms with E-state index >= 15 is 0 Å². The van der Waals surface area contributed by atoms with Crippen molar-refractivity contribution in [1.82, 2.24) is 0 Å². The van der Waals surface area contributed by atoms with Crippen LogP contribution in [0.2, 0.25) is 0 Å². The Morgan fingerprint density at radius 1 is 1.05 bits per heavy atom. The maximum Gasteiger partial charge on any atom is 0.221 e. The Morgan fingerprint density at radius 3 is 2.50 bits per heavy atom. The summed E-state index contributed by atoms with van der Waals surface area (Å²) in [7, 11) is 0. The molecule has 1 amide bonds. The molecule has 104 valence electrons. The molecule has 2 N–H and O–H groups in total. The van der Waals surface area contributed by atoms with Gasteiger partial charge in [0, 0.05) is 24.8 Å². The molecule has 0 saturated heterocycles. The number of halogens is 2. The van der Waals surface area contributed by atoms with Crippen molar-refractivity contribution < 1.29 is 13.6 Å². The fourth-order valence-electron chi connectivity index (χ4n) is 1.76. The average Bonchev–Trinajstić information content (AvgIpc) is 2.40. The van der Waals surface area contributed by atoms with E-state index in [9.17, 15) is 13.6 Å². The van der Waals surface area contributed by atoms with Crippen molar-refractivity contribution >= 4 is 17.3 Å². The van der Waals surface area contributed by atoms with E-state index in [0.717, 1.165) is 17.8 Å². The molecule has 5 heteroatoms. The summed E-state index contributed by atoms with van der Waals surface area (Å²) < 4.78 is 25.9. The summed E-state index contributed by atoms with van der Waals surface area (Å²) in [6.45, 7) is 1.79. The lowest BCUT2D eigenvalue weighted by Gasteiger charge is -2.09. The van der Waals surface area contributed by atoms with Gasteiger partial charge in [0.2, 0.25) is 5.91 Å². The lowest BCUT2D eigenvalue weighted by molar-refractivity contribution is -0.114. The minimum atomic E-state index is -0.865. The van der Waals surface area contributed by atoms with Crippen LogP contribution in [0.15, 0.2) is 42.5 Å². The first-order chi connectivity index (χ1) is 9.54. The Kier molecular flexibility index (Phi) is 4.30. The van der Waals surface area contributed by atoms with Crippen LogP contribution in [-0.2, 0) is 11.3 Å². The summed E-state index contributed by atoms with van der Waals surface area (Å²) in [6, 6.07) is 10.9. The molecule has 0 aliphatic heterocycles. The minimum Gasteiger partial charge on any atom is -0.381 e. The number of benzene rings is 2. The lowest BCUT2D eigenvalue weighted by atomic mass is 10.2. The molecule has 0 aromatic heterocycles. The van der Waals surface area contributed by atoms with E-state index in [0.29, 0.717) is 17.8 Å². The number of rotatable bonds is 4. The summed E-state index contributed by atoms with van der Waals surface area (Å²) >= 11 is 0. The van der Waals surface area contributed by atoms with Crippen molar-refractivity contribution in [3.05, 3.63) is 59.7 Å². The number of hydrogen-bond acceptors (Lipinski definition) is 2. The fourth-order valence-corrected chi connectivity index (χ4v) is 1.76. The molecule has 0 atom stereocenters. The third-order valence-corrected chi connectivity index (χ3v) is 2.66. The summed E-state index contributed by atoms with van der Waals surface area (Å²) in [5.41, 5.74) is 2.09. The lowest BCUT2D eigenvalue weighted by Crippen LogP contribution is -2.06. The zero-order chi connectivity index (χ0) is 14.5. The van der Waals surface area contributed by atoms with Crippen LogP contribution < -0.4 is 10.6 Å². The van der Waals surface area contributed by atoms with Crippen molar-refractivity contribution in [2.75, 3.05) is 10.6 Å². The van der Waals surface area contributed by atoms with Crippen LogP contribution in [-0.4, -0.2) is 5.91 Å². The second kappa shape index (κ2) is 6.14. The topological polar surface area (TPSA) is 41.1 Å². The van der Waals surface area contributed by atoms with Crippen molar-refractivity contribution in [2.24, 2.45) is 0 Å². The second-order valence-electron chi connectivity index (χ2n) is 4.36. The fraction of sp³-hybridized carbons (Fsp3) is 0.133. The van der Waals surface area contributed by atoms with E-state index in [1.165, 1.54) is 13.0 Å². The molecule has 0 radical (unpaired) electrons. The predicted molar refractivity (Wildman–Crippen MR) is 74.4 cm³/mol. The number of amides is 1. The van der Waals surface area contributed by atoms with Gasteiger partial charge in [-0.2, -0.15) is 0 Å². The van der Waals surface area contributed by atoms with E-state index in [-0.39, 0.29) is 5.91 Å². The highest BCUT2D eigenvalue weighted by molar-refractivity contribution is 5.89. The van der Waals surface area contributed by atoms with Crippen LogP contribution in [0.1, 0.15) is 12.5 Å². The maximum atomic E-state index is 13.1. The van der Waals surface area contributed by atoms with Crippen molar-refractivity contribution in [1.29, 1.82) is 0 Å². The molecule has 0 aliphatic rings. The SMILES string of the molecule is CC(=O)Nc1cccc(NCc2ccc(F)c(F)c2)c1. The smallest absolute Gasteiger partial charge is 0.221 e. The van der Waals surface area contributed by atoms with Gasteiger partial charge in [0.25, 0.3) is 0 Å². The van der Waals surface area contributed by atoms with Gasteiger partial charge in [0.1, 0.15) is 0 Å². The normalized spacial score (nSPS) is 10.2. The van der Waals surface area contributed by atoms with Crippen LogP contribution in [0.3, 0.4) is 0 Å². The highest BCUT2D eigenvalue weighted by atomic mass is 19.2. The van der Waals surface area contributed by atoms with E-state index in [4.69, 9.17) is 0 Å². The van der Waals surface area contributed by atoms with Crippen LogP contribution in [0.4, 0.5) is 20.2 Å². The van der Waals surface area contributed by atoms with Gasteiger partial charge in [0.05, 0.1) is 0 Å². The molecule has 0 fully saturated rings. The number of carbonyl (C=O) groups excluding carboxylic acids is 1. The molecule has 0 spiro atoms. The molecule has 2 rings (SSSR count). The molecular formula is C15H14F2N2O. The first-order valence-corrected chi connectivity index (χ1v) is 6.10. The zero-order valence-electron chi connectivity index (χ0n) is 10.9. The summed E-state index contributed by atoms with van der Waals surface area (Å²) in [5, 5.41) is 5.75. The Morgan fingerprint density at radius 2 is 1.80 bits per heavy atom.